The zero-order valence-electron chi connectivity index (χ0n) is 18.9. The lowest BCUT2D eigenvalue weighted by Gasteiger charge is -2.21. The first-order valence-electron chi connectivity index (χ1n) is 11.2. The third-order valence-corrected chi connectivity index (χ3v) is 7.15. The number of hydrogen-bond donors (Lipinski definition) is 4. The summed E-state index contributed by atoms with van der Waals surface area (Å²) in [4.78, 5) is 15.4. The van der Waals surface area contributed by atoms with Gasteiger partial charge in [0.05, 0.1) is 5.02 Å². The molecule has 9 heteroatoms. The van der Waals surface area contributed by atoms with Crippen LogP contribution in [0.25, 0.3) is 0 Å². The summed E-state index contributed by atoms with van der Waals surface area (Å²) < 4.78 is 0.784. The summed E-state index contributed by atoms with van der Waals surface area (Å²) in [7, 11) is 0. The molecule has 4 N–H and O–H groups in total. The number of carbonyl (C=O) groups excluding carboxylic acids is 1. The summed E-state index contributed by atoms with van der Waals surface area (Å²) in [5.41, 5.74) is 2.96. The monoisotopic (exact) mass is 569 g/mol. The lowest BCUT2D eigenvalue weighted by Crippen LogP contribution is -2.39. The fraction of sp³-hybridized carbons (Fsp3) is 0.192. The van der Waals surface area contributed by atoms with Gasteiger partial charge in [0, 0.05) is 34.5 Å². The van der Waals surface area contributed by atoms with Crippen molar-refractivity contribution in [1.29, 1.82) is 5.41 Å². The smallest absolute Gasteiger partial charge is 0.251 e. The van der Waals surface area contributed by atoms with Crippen LogP contribution >= 0.6 is 39.7 Å². The largest absolute Gasteiger partial charge is 0.357 e. The molecule has 3 aromatic rings. The number of amidine groups is 1. The zero-order valence-corrected chi connectivity index (χ0v) is 22.0. The molecule has 0 radical (unpaired) electrons. The highest BCUT2D eigenvalue weighted by Crippen LogP contribution is 2.26. The number of likely N-dealkylation sites (tertiary alicyclic amines) is 1. The molecule has 3 aromatic carbocycles. The Bertz CT molecular complexity index is 1220. The minimum absolute atomic E-state index is 0.253. The fourth-order valence-corrected chi connectivity index (χ4v) is 4.53. The molecule has 0 aromatic heterocycles. The molecule has 0 saturated carbocycles. The number of hydrogen-bond acceptors (Lipinski definition) is 3. The highest BCUT2D eigenvalue weighted by Gasteiger charge is 2.22. The van der Waals surface area contributed by atoms with Crippen molar-refractivity contribution in [3.63, 3.8) is 0 Å². The molecule has 180 valence electrons. The van der Waals surface area contributed by atoms with Crippen LogP contribution in [0.3, 0.4) is 0 Å². The Morgan fingerprint density at radius 3 is 2.29 bits per heavy atom. The van der Waals surface area contributed by atoms with Gasteiger partial charge < -0.3 is 20.9 Å². The molecule has 6 nitrogen and oxygen atoms in total. The van der Waals surface area contributed by atoms with E-state index in [1.165, 1.54) is 0 Å². The Morgan fingerprint density at radius 2 is 1.63 bits per heavy atom. The van der Waals surface area contributed by atoms with E-state index in [9.17, 15) is 4.79 Å². The Morgan fingerprint density at radius 1 is 0.971 bits per heavy atom. The second-order valence-electron chi connectivity index (χ2n) is 8.18. The van der Waals surface area contributed by atoms with E-state index in [0.717, 1.165) is 41.5 Å². The van der Waals surface area contributed by atoms with Crippen LogP contribution in [0.15, 0.2) is 77.3 Å². The number of carbonyl (C=O) groups is 1. The molecule has 1 aliphatic heterocycles. The Kier molecular flexibility index (Phi) is 8.38. The molecular formula is C26H25BrClN5OS. The molecule has 0 spiro atoms. The molecule has 1 fully saturated rings. The van der Waals surface area contributed by atoms with Gasteiger partial charge in [-0.25, -0.2) is 0 Å². The molecule has 1 aliphatic rings. The predicted octanol–water partition coefficient (Wildman–Crippen LogP) is 6.19. The number of nitrogens with one attached hydrogen (secondary N) is 4. The lowest BCUT2D eigenvalue weighted by molar-refractivity contribution is -0.117. The summed E-state index contributed by atoms with van der Waals surface area (Å²) in [6, 6.07) is 21.5. The van der Waals surface area contributed by atoms with Crippen molar-refractivity contribution in [2.45, 2.75) is 18.9 Å². The van der Waals surface area contributed by atoms with E-state index < -0.39 is 6.04 Å². The van der Waals surface area contributed by atoms with Crippen molar-refractivity contribution in [2.24, 2.45) is 0 Å². The van der Waals surface area contributed by atoms with Gasteiger partial charge in [-0.1, -0.05) is 41.9 Å². The van der Waals surface area contributed by atoms with Crippen molar-refractivity contribution in [2.75, 3.05) is 23.7 Å². The number of thiocarbonyl (C=S) groups is 1. The quantitative estimate of drug-likeness (QED) is 0.161. The van der Waals surface area contributed by atoms with Gasteiger partial charge in [0.1, 0.15) is 11.9 Å². The van der Waals surface area contributed by atoms with Gasteiger partial charge >= 0.3 is 0 Å². The summed E-state index contributed by atoms with van der Waals surface area (Å²) in [6.07, 6.45) is 2.24. The maximum absolute atomic E-state index is 13.3. The molecule has 1 amide bonds. The lowest BCUT2D eigenvalue weighted by atomic mass is 10.1. The minimum Gasteiger partial charge on any atom is -0.357 e. The average molecular weight is 571 g/mol. The Balaban J connectivity index is 1.45. The van der Waals surface area contributed by atoms with Crippen molar-refractivity contribution >= 4 is 68.0 Å². The molecule has 4 rings (SSSR count). The van der Waals surface area contributed by atoms with Crippen LogP contribution in [-0.4, -0.2) is 34.8 Å². The van der Waals surface area contributed by atoms with Crippen LogP contribution in [0.1, 0.15) is 30.0 Å². The molecule has 1 atom stereocenters. The second-order valence-corrected chi connectivity index (χ2v) is 9.85. The SMILES string of the molecule is N=C(c1ccc(NC(=O)[C@@H](NC(=S)Nc2ccc(Br)c(Cl)c2)c2ccccc2)cc1)N1CCCC1. The summed E-state index contributed by atoms with van der Waals surface area (Å²) in [6.45, 7) is 1.84. The van der Waals surface area contributed by atoms with Crippen molar-refractivity contribution < 1.29 is 4.79 Å². The van der Waals surface area contributed by atoms with E-state index in [0.29, 0.717) is 27.3 Å². The van der Waals surface area contributed by atoms with Crippen LogP contribution < -0.4 is 16.0 Å². The maximum atomic E-state index is 13.3. The molecule has 0 bridgehead atoms. The van der Waals surface area contributed by atoms with E-state index in [-0.39, 0.29) is 5.91 Å². The van der Waals surface area contributed by atoms with Crippen LogP contribution in [0, 0.1) is 5.41 Å². The number of anilines is 2. The van der Waals surface area contributed by atoms with Gasteiger partial charge in [-0.15, -0.1) is 0 Å². The molecule has 1 heterocycles. The van der Waals surface area contributed by atoms with Crippen LogP contribution in [0.4, 0.5) is 11.4 Å². The standard InChI is InChI=1S/C26H25BrClN5OS/c27-21-13-12-20(16-22(21)28)31-26(35)32-23(17-6-2-1-3-7-17)25(34)30-19-10-8-18(9-11-19)24(29)33-14-4-5-15-33/h1-3,6-13,16,23,29H,4-5,14-15H2,(H,30,34)(H2,31,32,35)/t23-/m0/s1. The molecule has 0 unspecified atom stereocenters. The van der Waals surface area contributed by atoms with Gasteiger partial charge in [-0.3, -0.25) is 10.2 Å². The topological polar surface area (TPSA) is 80.2 Å². The number of nitrogens with zero attached hydrogens (tertiary/aromatic N) is 1. The average Bonchev–Trinajstić information content (AvgIpc) is 3.40. The second kappa shape index (κ2) is 11.7. The maximum Gasteiger partial charge on any atom is 0.251 e. The molecule has 35 heavy (non-hydrogen) atoms. The van der Waals surface area contributed by atoms with Gasteiger partial charge in [-0.2, -0.15) is 0 Å². The first kappa shape index (κ1) is 25.2. The molecule has 0 aliphatic carbocycles. The first-order chi connectivity index (χ1) is 16.9. The summed E-state index contributed by atoms with van der Waals surface area (Å²) in [5, 5.41) is 18.4. The third-order valence-electron chi connectivity index (χ3n) is 5.70. The van der Waals surface area contributed by atoms with Gasteiger partial charge in [-0.05, 0) is 89.0 Å². The third kappa shape index (κ3) is 6.60. The van der Waals surface area contributed by atoms with E-state index >= 15 is 0 Å². The normalized spacial score (nSPS) is 13.7. The van der Waals surface area contributed by atoms with Gasteiger partial charge in [0.15, 0.2) is 5.11 Å². The number of halogens is 2. The Labute approximate surface area is 223 Å². The van der Waals surface area contributed by atoms with Gasteiger partial charge in [0.25, 0.3) is 5.91 Å². The van der Waals surface area contributed by atoms with Crippen molar-refractivity contribution in [3.05, 3.63) is 93.4 Å². The summed E-state index contributed by atoms with van der Waals surface area (Å²) >= 11 is 15.0. The van der Waals surface area contributed by atoms with Crippen molar-refractivity contribution in [1.82, 2.24) is 10.2 Å². The van der Waals surface area contributed by atoms with Crippen LogP contribution in [0.2, 0.25) is 5.02 Å². The van der Waals surface area contributed by atoms with Crippen LogP contribution in [0.5, 0.6) is 0 Å². The zero-order chi connectivity index (χ0) is 24.8. The van der Waals surface area contributed by atoms with Gasteiger partial charge in [0.2, 0.25) is 0 Å². The molecule has 1 saturated heterocycles. The van der Waals surface area contributed by atoms with E-state index in [1.54, 1.807) is 6.07 Å². The number of benzene rings is 3. The fourth-order valence-electron chi connectivity index (χ4n) is 3.87. The Hall–Kier alpha value is -2.94. The predicted molar refractivity (Wildman–Crippen MR) is 150 cm³/mol. The molecular weight excluding hydrogens is 546 g/mol. The van der Waals surface area contributed by atoms with E-state index in [1.807, 2.05) is 66.7 Å². The summed E-state index contributed by atoms with van der Waals surface area (Å²) in [5.74, 6) is 0.269. The highest BCUT2D eigenvalue weighted by atomic mass is 79.9. The highest BCUT2D eigenvalue weighted by molar-refractivity contribution is 9.10. The number of amides is 1. The van der Waals surface area contributed by atoms with E-state index in [2.05, 4.69) is 36.8 Å². The van der Waals surface area contributed by atoms with Crippen LogP contribution in [-0.2, 0) is 4.79 Å². The minimum atomic E-state index is -0.718. The first-order valence-corrected chi connectivity index (χ1v) is 12.8. The van der Waals surface area contributed by atoms with E-state index in [4.69, 9.17) is 29.2 Å². The number of rotatable bonds is 6. The van der Waals surface area contributed by atoms with Crippen molar-refractivity contribution in [3.8, 4) is 0 Å².